The summed E-state index contributed by atoms with van der Waals surface area (Å²) >= 11 is 0. The van der Waals surface area contributed by atoms with Crippen LogP contribution in [-0.4, -0.2) is 61.2 Å². The van der Waals surface area contributed by atoms with Gasteiger partial charge in [0, 0.05) is 38.3 Å². The van der Waals surface area contributed by atoms with Crippen molar-refractivity contribution in [1.29, 1.82) is 0 Å². The molecule has 1 heterocycles. The van der Waals surface area contributed by atoms with Gasteiger partial charge in [0.05, 0.1) is 22.8 Å². The van der Waals surface area contributed by atoms with Crippen LogP contribution >= 0.6 is 0 Å². The highest BCUT2D eigenvalue weighted by Gasteiger charge is 2.30. The van der Waals surface area contributed by atoms with Gasteiger partial charge in [0.1, 0.15) is 5.75 Å². The molecule has 0 atom stereocenters. The number of hydrogen-bond acceptors (Lipinski definition) is 6. The van der Waals surface area contributed by atoms with Crippen molar-refractivity contribution in [1.82, 2.24) is 9.21 Å². The number of benzene rings is 2. The van der Waals surface area contributed by atoms with E-state index in [2.05, 4.69) is 0 Å². The Labute approximate surface area is 175 Å². The predicted octanol–water partition coefficient (Wildman–Crippen LogP) is 2.07. The van der Waals surface area contributed by atoms with Crippen LogP contribution in [0.3, 0.4) is 0 Å². The molecule has 30 heavy (non-hydrogen) atoms. The maximum absolute atomic E-state index is 12.8. The van der Waals surface area contributed by atoms with Crippen molar-refractivity contribution < 1.29 is 22.9 Å². The van der Waals surface area contributed by atoms with E-state index in [1.165, 1.54) is 22.5 Å². The minimum Gasteiger partial charge on any atom is -0.494 e. The molecule has 2 aromatic rings. The fourth-order valence-corrected chi connectivity index (χ4v) is 4.70. The van der Waals surface area contributed by atoms with E-state index in [4.69, 9.17) is 4.74 Å². The van der Waals surface area contributed by atoms with E-state index < -0.39 is 14.9 Å². The molecule has 1 saturated heterocycles. The van der Waals surface area contributed by atoms with Crippen molar-refractivity contribution in [3.8, 4) is 5.75 Å². The van der Waals surface area contributed by atoms with Crippen molar-refractivity contribution in [3.63, 3.8) is 0 Å². The molecule has 160 valence electrons. The molecule has 3 rings (SSSR count). The Morgan fingerprint density at radius 2 is 1.77 bits per heavy atom. The van der Waals surface area contributed by atoms with Gasteiger partial charge in [0.2, 0.25) is 15.9 Å². The predicted molar refractivity (Wildman–Crippen MR) is 110 cm³/mol. The standard InChI is InChI=1S/C20H23N3O6S/c1-2-29-18-8-6-16(7-9-18)14-20(24)21-10-12-22(13-11-21)30(27,28)19-5-3-4-17(15-19)23(25)26/h3-9,15H,2,10-14H2,1H3. The maximum atomic E-state index is 12.8. The van der Waals surface area contributed by atoms with E-state index in [0.29, 0.717) is 6.61 Å². The van der Waals surface area contributed by atoms with E-state index in [0.717, 1.165) is 17.4 Å². The molecule has 1 fully saturated rings. The number of ether oxygens (including phenoxy) is 1. The lowest BCUT2D eigenvalue weighted by molar-refractivity contribution is -0.385. The summed E-state index contributed by atoms with van der Waals surface area (Å²) in [5.41, 5.74) is 0.579. The van der Waals surface area contributed by atoms with Crippen molar-refractivity contribution >= 4 is 21.6 Å². The van der Waals surface area contributed by atoms with Gasteiger partial charge in [0.15, 0.2) is 0 Å². The van der Waals surface area contributed by atoms with Crippen LogP contribution in [0, 0.1) is 10.1 Å². The Morgan fingerprint density at radius 1 is 1.10 bits per heavy atom. The van der Waals surface area contributed by atoms with Gasteiger partial charge in [-0.1, -0.05) is 18.2 Å². The molecule has 0 N–H and O–H groups in total. The summed E-state index contributed by atoms with van der Waals surface area (Å²) in [6.45, 7) is 3.28. The zero-order valence-electron chi connectivity index (χ0n) is 16.6. The smallest absolute Gasteiger partial charge is 0.270 e. The van der Waals surface area contributed by atoms with E-state index >= 15 is 0 Å². The highest BCUT2D eigenvalue weighted by molar-refractivity contribution is 7.89. The monoisotopic (exact) mass is 433 g/mol. The highest BCUT2D eigenvalue weighted by Crippen LogP contribution is 2.22. The summed E-state index contributed by atoms with van der Waals surface area (Å²) < 4.78 is 32.2. The first-order valence-electron chi connectivity index (χ1n) is 9.55. The van der Waals surface area contributed by atoms with Gasteiger partial charge in [-0.2, -0.15) is 4.31 Å². The van der Waals surface area contributed by atoms with Gasteiger partial charge in [-0.3, -0.25) is 14.9 Å². The quantitative estimate of drug-likeness (QED) is 0.488. The molecule has 2 aromatic carbocycles. The molecule has 9 nitrogen and oxygen atoms in total. The number of nitrogens with zero attached hydrogens (tertiary/aromatic N) is 3. The maximum Gasteiger partial charge on any atom is 0.270 e. The normalized spacial score (nSPS) is 15.0. The minimum atomic E-state index is -3.86. The summed E-state index contributed by atoms with van der Waals surface area (Å²) in [5.74, 6) is 0.667. The molecule has 0 bridgehead atoms. The van der Waals surface area contributed by atoms with Gasteiger partial charge in [-0.25, -0.2) is 8.42 Å². The Kier molecular flexibility index (Phi) is 6.68. The molecule has 0 unspecified atom stereocenters. The van der Waals surface area contributed by atoms with E-state index in [-0.39, 0.29) is 49.1 Å². The average Bonchev–Trinajstić information content (AvgIpc) is 2.75. The number of nitro benzene ring substituents is 1. The molecule has 0 aromatic heterocycles. The zero-order chi connectivity index (χ0) is 21.7. The summed E-state index contributed by atoms with van der Waals surface area (Å²) in [6.07, 6.45) is 0.226. The van der Waals surface area contributed by atoms with Gasteiger partial charge < -0.3 is 9.64 Å². The molecular weight excluding hydrogens is 410 g/mol. The summed E-state index contributed by atoms with van der Waals surface area (Å²) in [4.78, 5) is 24.4. The largest absolute Gasteiger partial charge is 0.494 e. The number of rotatable bonds is 7. The van der Waals surface area contributed by atoms with E-state index in [9.17, 15) is 23.3 Å². The third-order valence-corrected chi connectivity index (χ3v) is 6.74. The molecule has 0 saturated carbocycles. The SMILES string of the molecule is CCOc1ccc(CC(=O)N2CCN(S(=O)(=O)c3cccc([N+](=O)[O-])c3)CC2)cc1. The Morgan fingerprint density at radius 3 is 2.37 bits per heavy atom. The second-order valence-corrected chi connectivity index (χ2v) is 8.73. The number of hydrogen-bond donors (Lipinski definition) is 0. The van der Waals surface area contributed by atoms with Crippen LogP contribution in [0.4, 0.5) is 5.69 Å². The van der Waals surface area contributed by atoms with Crippen LogP contribution < -0.4 is 4.74 Å². The number of piperazine rings is 1. The third kappa shape index (κ3) is 4.95. The fraction of sp³-hybridized carbons (Fsp3) is 0.350. The summed E-state index contributed by atoms with van der Waals surface area (Å²) in [5, 5.41) is 10.9. The lowest BCUT2D eigenvalue weighted by atomic mass is 10.1. The zero-order valence-corrected chi connectivity index (χ0v) is 17.4. The minimum absolute atomic E-state index is 0.0773. The number of non-ortho nitro benzene ring substituents is 1. The van der Waals surface area contributed by atoms with Crippen molar-refractivity contribution in [2.24, 2.45) is 0 Å². The summed E-state index contributed by atoms with van der Waals surface area (Å²) in [6, 6.07) is 12.3. The van der Waals surface area contributed by atoms with Gasteiger partial charge in [-0.15, -0.1) is 0 Å². The molecule has 1 amide bonds. The summed E-state index contributed by atoms with van der Waals surface area (Å²) in [7, 11) is -3.86. The molecule has 0 spiro atoms. The van der Waals surface area contributed by atoms with Gasteiger partial charge in [0.25, 0.3) is 5.69 Å². The first-order valence-corrected chi connectivity index (χ1v) is 11.0. The number of carbonyl (C=O) groups is 1. The number of nitro groups is 1. The van der Waals surface area contributed by atoms with Crippen LogP contribution in [0.5, 0.6) is 5.75 Å². The second kappa shape index (κ2) is 9.23. The van der Waals surface area contributed by atoms with Crippen LogP contribution in [0.25, 0.3) is 0 Å². The Bertz CT molecular complexity index is 1020. The fourth-order valence-electron chi connectivity index (χ4n) is 3.24. The Balaban J connectivity index is 1.60. The first-order chi connectivity index (χ1) is 14.3. The molecular formula is C20H23N3O6S. The van der Waals surface area contributed by atoms with Gasteiger partial charge >= 0.3 is 0 Å². The number of carbonyl (C=O) groups excluding carboxylic acids is 1. The van der Waals surface area contributed by atoms with E-state index in [1.807, 2.05) is 31.2 Å². The van der Waals surface area contributed by atoms with E-state index in [1.54, 1.807) is 4.90 Å². The van der Waals surface area contributed by atoms with Crippen LogP contribution in [0.2, 0.25) is 0 Å². The van der Waals surface area contributed by atoms with Crippen molar-refractivity contribution in [2.75, 3.05) is 32.8 Å². The van der Waals surface area contributed by atoms with Crippen molar-refractivity contribution in [2.45, 2.75) is 18.2 Å². The highest BCUT2D eigenvalue weighted by atomic mass is 32.2. The lowest BCUT2D eigenvalue weighted by Crippen LogP contribution is -2.50. The first kappa shape index (κ1) is 21.7. The third-order valence-electron chi connectivity index (χ3n) is 4.85. The van der Waals surface area contributed by atoms with Crippen LogP contribution in [0.1, 0.15) is 12.5 Å². The molecule has 0 aliphatic carbocycles. The average molecular weight is 433 g/mol. The van der Waals surface area contributed by atoms with Crippen LogP contribution in [-0.2, 0) is 21.2 Å². The second-order valence-electron chi connectivity index (χ2n) is 6.79. The van der Waals surface area contributed by atoms with Gasteiger partial charge in [-0.05, 0) is 30.7 Å². The molecule has 1 aliphatic heterocycles. The Hall–Kier alpha value is -2.98. The number of sulfonamides is 1. The molecule has 10 heteroatoms. The topological polar surface area (TPSA) is 110 Å². The molecule has 1 aliphatic rings. The molecule has 0 radical (unpaired) electrons. The van der Waals surface area contributed by atoms with Crippen molar-refractivity contribution in [3.05, 3.63) is 64.2 Å². The lowest BCUT2D eigenvalue weighted by Gasteiger charge is -2.34. The van der Waals surface area contributed by atoms with Crippen LogP contribution in [0.15, 0.2) is 53.4 Å². The number of amides is 1.